The second kappa shape index (κ2) is 6.71. The lowest BCUT2D eigenvalue weighted by Crippen LogP contribution is -2.48. The number of carbonyl (C=O) groups excluding carboxylic acids is 1. The van der Waals surface area contributed by atoms with Crippen LogP contribution in [-0.2, 0) is 5.41 Å². The zero-order valence-electron chi connectivity index (χ0n) is 12.7. The Morgan fingerprint density at radius 1 is 1.33 bits per heavy atom. The van der Waals surface area contributed by atoms with Crippen LogP contribution in [0.15, 0.2) is 30.3 Å². The molecule has 1 aromatic rings. The molecule has 1 unspecified atom stereocenters. The van der Waals surface area contributed by atoms with E-state index in [1.54, 1.807) is 11.8 Å². The molecule has 5 heteroatoms. The van der Waals surface area contributed by atoms with Crippen molar-refractivity contribution in [2.24, 2.45) is 0 Å². The van der Waals surface area contributed by atoms with Crippen molar-refractivity contribution >= 4 is 17.8 Å². The van der Waals surface area contributed by atoms with Crippen molar-refractivity contribution in [2.45, 2.75) is 31.3 Å². The predicted molar refractivity (Wildman–Crippen MR) is 87.8 cm³/mol. The van der Waals surface area contributed by atoms with Crippen molar-refractivity contribution in [1.82, 2.24) is 10.6 Å². The summed E-state index contributed by atoms with van der Waals surface area (Å²) in [5.41, 5.74) is 0.325. The molecule has 1 aromatic carbocycles. The summed E-state index contributed by atoms with van der Waals surface area (Å²) in [6.07, 6.45) is 0.744. The van der Waals surface area contributed by atoms with Crippen molar-refractivity contribution in [1.29, 1.82) is 0 Å². The molecule has 21 heavy (non-hydrogen) atoms. The third kappa shape index (κ3) is 4.64. The lowest BCUT2D eigenvalue weighted by atomic mass is 9.85. The van der Waals surface area contributed by atoms with E-state index in [9.17, 15) is 9.90 Å². The molecule has 1 saturated heterocycles. The first kappa shape index (κ1) is 16.2. The molecular formula is C16H24N2O2S. The molecule has 0 saturated carbocycles. The molecule has 0 aliphatic carbocycles. The lowest BCUT2D eigenvalue weighted by molar-refractivity contribution is 0.0699. The van der Waals surface area contributed by atoms with E-state index in [1.165, 1.54) is 5.56 Å². The number of hydrogen-bond acceptors (Lipinski definition) is 3. The van der Waals surface area contributed by atoms with Crippen LogP contribution in [0.4, 0.5) is 4.79 Å². The van der Waals surface area contributed by atoms with Crippen molar-refractivity contribution in [3.8, 4) is 0 Å². The summed E-state index contributed by atoms with van der Waals surface area (Å²) in [5, 5.41) is 15.9. The Morgan fingerprint density at radius 3 is 2.67 bits per heavy atom. The number of nitrogens with one attached hydrogen (secondary N) is 2. The predicted octanol–water partition coefficient (Wildman–Crippen LogP) is 2.13. The highest BCUT2D eigenvalue weighted by atomic mass is 32.2. The lowest BCUT2D eigenvalue weighted by Gasteiger charge is -2.26. The minimum atomic E-state index is -0.739. The number of benzene rings is 1. The van der Waals surface area contributed by atoms with Crippen LogP contribution in [0.5, 0.6) is 0 Å². The van der Waals surface area contributed by atoms with Gasteiger partial charge in [0.25, 0.3) is 0 Å². The van der Waals surface area contributed by atoms with Gasteiger partial charge in [0.1, 0.15) is 0 Å². The van der Waals surface area contributed by atoms with Crippen LogP contribution >= 0.6 is 11.8 Å². The third-order valence-electron chi connectivity index (χ3n) is 3.91. The van der Waals surface area contributed by atoms with Crippen LogP contribution in [0, 0.1) is 0 Å². The summed E-state index contributed by atoms with van der Waals surface area (Å²) in [4.78, 5) is 11.9. The van der Waals surface area contributed by atoms with E-state index >= 15 is 0 Å². The van der Waals surface area contributed by atoms with Gasteiger partial charge in [-0.3, -0.25) is 0 Å². The summed E-state index contributed by atoms with van der Waals surface area (Å²) in [5.74, 6) is 1.66. The van der Waals surface area contributed by atoms with Crippen LogP contribution in [0.1, 0.15) is 25.8 Å². The molecule has 3 N–H and O–H groups in total. The fraction of sp³-hybridized carbons (Fsp3) is 0.562. The highest BCUT2D eigenvalue weighted by Gasteiger charge is 2.32. The Hall–Kier alpha value is -1.20. The number of thioether (sulfide) groups is 1. The van der Waals surface area contributed by atoms with E-state index in [4.69, 9.17) is 0 Å². The first-order valence-corrected chi connectivity index (χ1v) is 8.44. The van der Waals surface area contributed by atoms with Gasteiger partial charge in [-0.15, -0.1) is 0 Å². The topological polar surface area (TPSA) is 61.4 Å². The Morgan fingerprint density at radius 2 is 2.05 bits per heavy atom. The summed E-state index contributed by atoms with van der Waals surface area (Å²) in [7, 11) is 0. The minimum absolute atomic E-state index is 0.126. The van der Waals surface area contributed by atoms with Gasteiger partial charge in [-0.25, -0.2) is 4.79 Å². The van der Waals surface area contributed by atoms with Gasteiger partial charge in [0.15, 0.2) is 0 Å². The van der Waals surface area contributed by atoms with E-state index in [1.807, 2.05) is 18.2 Å². The summed E-state index contributed by atoms with van der Waals surface area (Å²) >= 11 is 1.73. The minimum Gasteiger partial charge on any atom is -0.387 e. The molecule has 1 aliphatic rings. The van der Waals surface area contributed by atoms with Gasteiger partial charge >= 0.3 is 6.03 Å². The van der Waals surface area contributed by atoms with E-state index < -0.39 is 5.60 Å². The van der Waals surface area contributed by atoms with Crippen molar-refractivity contribution in [2.75, 3.05) is 24.6 Å². The Kier molecular flexibility index (Phi) is 5.17. The van der Waals surface area contributed by atoms with Crippen LogP contribution in [0.3, 0.4) is 0 Å². The molecule has 0 radical (unpaired) electrons. The van der Waals surface area contributed by atoms with Crippen LogP contribution < -0.4 is 10.6 Å². The standard InChI is InChI=1S/C16H24N2O2S/c1-15(2,13-6-4-3-5-7-13)10-17-14(19)18-11-16(20)8-9-21-12-16/h3-7,20H,8-12H2,1-2H3,(H2,17,18,19). The maximum Gasteiger partial charge on any atom is 0.314 e. The van der Waals surface area contributed by atoms with Gasteiger partial charge in [0, 0.05) is 24.3 Å². The maximum absolute atomic E-state index is 11.9. The normalized spacial score (nSPS) is 22.0. The molecule has 0 spiro atoms. The van der Waals surface area contributed by atoms with E-state index in [2.05, 4.69) is 36.6 Å². The maximum atomic E-state index is 11.9. The molecule has 0 bridgehead atoms. The number of carbonyl (C=O) groups is 1. The molecule has 1 heterocycles. The number of rotatable bonds is 5. The molecule has 0 aromatic heterocycles. The first-order chi connectivity index (χ1) is 9.91. The molecule has 116 valence electrons. The Balaban J connectivity index is 1.78. The molecule has 4 nitrogen and oxygen atoms in total. The van der Waals surface area contributed by atoms with Gasteiger partial charge in [-0.2, -0.15) is 11.8 Å². The number of aliphatic hydroxyl groups is 1. The fourth-order valence-corrected chi connectivity index (χ4v) is 3.63. The smallest absolute Gasteiger partial charge is 0.314 e. The molecule has 2 amide bonds. The SMILES string of the molecule is CC(C)(CNC(=O)NCC1(O)CCSC1)c1ccccc1. The fourth-order valence-electron chi connectivity index (χ4n) is 2.34. The van der Waals surface area contributed by atoms with Gasteiger partial charge in [-0.1, -0.05) is 44.2 Å². The Labute approximate surface area is 130 Å². The second-order valence-corrected chi connectivity index (χ2v) is 7.42. The van der Waals surface area contributed by atoms with Crippen molar-refractivity contribution < 1.29 is 9.90 Å². The number of urea groups is 1. The van der Waals surface area contributed by atoms with E-state index in [-0.39, 0.29) is 11.4 Å². The zero-order valence-corrected chi connectivity index (χ0v) is 13.5. The molecule has 1 aliphatic heterocycles. The van der Waals surface area contributed by atoms with Crippen LogP contribution in [0.25, 0.3) is 0 Å². The van der Waals surface area contributed by atoms with Crippen LogP contribution in [-0.4, -0.2) is 41.3 Å². The largest absolute Gasteiger partial charge is 0.387 e. The van der Waals surface area contributed by atoms with Gasteiger partial charge in [0.05, 0.1) is 5.60 Å². The Bertz CT molecular complexity index is 470. The van der Waals surface area contributed by atoms with Gasteiger partial charge in [-0.05, 0) is 17.7 Å². The molecular weight excluding hydrogens is 284 g/mol. The molecule has 1 atom stereocenters. The van der Waals surface area contributed by atoms with Gasteiger partial charge < -0.3 is 15.7 Å². The second-order valence-electron chi connectivity index (χ2n) is 6.31. The molecule has 2 rings (SSSR count). The van der Waals surface area contributed by atoms with Crippen molar-refractivity contribution in [3.05, 3.63) is 35.9 Å². The number of amides is 2. The highest BCUT2D eigenvalue weighted by molar-refractivity contribution is 7.99. The highest BCUT2D eigenvalue weighted by Crippen LogP contribution is 2.27. The average molecular weight is 308 g/mol. The summed E-state index contributed by atoms with van der Waals surface area (Å²) in [6, 6.07) is 9.91. The van der Waals surface area contributed by atoms with E-state index in [0.29, 0.717) is 18.8 Å². The monoisotopic (exact) mass is 308 g/mol. The van der Waals surface area contributed by atoms with Gasteiger partial charge in [0.2, 0.25) is 0 Å². The molecule has 1 fully saturated rings. The number of hydrogen-bond donors (Lipinski definition) is 3. The van der Waals surface area contributed by atoms with E-state index in [0.717, 1.165) is 12.2 Å². The zero-order chi connectivity index (χ0) is 15.3. The van der Waals surface area contributed by atoms with Crippen molar-refractivity contribution in [3.63, 3.8) is 0 Å². The summed E-state index contributed by atoms with van der Waals surface area (Å²) in [6.45, 7) is 5.07. The average Bonchev–Trinajstić information content (AvgIpc) is 2.91. The third-order valence-corrected chi connectivity index (χ3v) is 5.14. The summed E-state index contributed by atoms with van der Waals surface area (Å²) < 4.78 is 0. The van der Waals surface area contributed by atoms with Crippen LogP contribution in [0.2, 0.25) is 0 Å². The quantitative estimate of drug-likeness (QED) is 0.781. The first-order valence-electron chi connectivity index (χ1n) is 7.29.